The van der Waals surface area contributed by atoms with Crippen molar-refractivity contribution in [3.63, 3.8) is 0 Å². The van der Waals surface area contributed by atoms with E-state index in [1.165, 1.54) is 92.8 Å². The number of nitrogens with zero attached hydrogens (tertiary/aromatic N) is 3. The molecule has 0 bridgehead atoms. The van der Waals surface area contributed by atoms with Crippen LogP contribution in [-0.4, -0.2) is 13.5 Å². The Balaban J connectivity index is 1.10. The highest BCUT2D eigenvalue weighted by atomic mass is 15.0. The normalized spacial score (nSPS) is 12.3. The number of benzene rings is 8. The summed E-state index contributed by atoms with van der Waals surface area (Å²) in [7, 11) is 0. The Bertz CT molecular complexity index is 3360. The van der Waals surface area contributed by atoms with Crippen molar-refractivity contribution >= 4 is 81.7 Å². The summed E-state index contributed by atoms with van der Waals surface area (Å²) in [5.74, 6) is 0. The van der Waals surface area contributed by atoms with E-state index in [9.17, 15) is 0 Å². The Hall–Kier alpha value is -6.84. The number of aromatic nitrogens is 3. The molecule has 4 aromatic heterocycles. The first-order valence-corrected chi connectivity index (χ1v) is 17.6. The van der Waals surface area contributed by atoms with E-state index < -0.39 is 0 Å². The Morgan fingerprint density at radius 2 is 0.745 bits per heavy atom. The molecule has 0 aliphatic rings. The molecular weight excluding hydrogens is 619 g/mol. The minimum absolute atomic E-state index is 1.15. The summed E-state index contributed by atoms with van der Waals surface area (Å²) < 4.78 is 7.30. The predicted octanol–water partition coefficient (Wildman–Crippen LogP) is 12.7. The molecular formula is C48H29N3. The van der Waals surface area contributed by atoms with E-state index in [-0.39, 0.29) is 0 Å². The van der Waals surface area contributed by atoms with Crippen molar-refractivity contribution in [1.29, 1.82) is 0 Å². The fourth-order valence-corrected chi connectivity index (χ4v) is 8.99. The van der Waals surface area contributed by atoms with Gasteiger partial charge in [-0.1, -0.05) is 115 Å². The number of rotatable bonds is 3. The van der Waals surface area contributed by atoms with Crippen molar-refractivity contribution in [3.05, 3.63) is 176 Å². The fraction of sp³-hybridized carbons (Fsp3) is 0. The van der Waals surface area contributed by atoms with Gasteiger partial charge in [-0.05, 0) is 71.8 Å². The SMILES string of the molecule is c1ccc(-n2c3ccccc3c3ccc(-n4c5ccccc5c5ccc(-c6ccc7c(c6)c6cccc8c9ccccc9n7c86)cc54)cc32)cc1. The van der Waals surface area contributed by atoms with Crippen LogP contribution >= 0.6 is 0 Å². The van der Waals surface area contributed by atoms with Crippen LogP contribution in [-0.2, 0) is 0 Å². The van der Waals surface area contributed by atoms with Crippen LogP contribution in [0.5, 0.6) is 0 Å². The summed E-state index contributed by atoms with van der Waals surface area (Å²) in [6.07, 6.45) is 0. The minimum atomic E-state index is 1.15. The molecule has 8 aromatic carbocycles. The van der Waals surface area contributed by atoms with E-state index in [4.69, 9.17) is 0 Å². The third-order valence-electron chi connectivity index (χ3n) is 11.2. The van der Waals surface area contributed by atoms with Gasteiger partial charge in [-0.3, -0.25) is 0 Å². The average Bonchev–Trinajstić information content (AvgIpc) is 3.92. The van der Waals surface area contributed by atoms with Gasteiger partial charge in [-0.15, -0.1) is 0 Å². The molecule has 4 heterocycles. The zero-order chi connectivity index (χ0) is 33.2. The highest BCUT2D eigenvalue weighted by molar-refractivity contribution is 6.23. The topological polar surface area (TPSA) is 14.3 Å². The van der Waals surface area contributed by atoms with Crippen molar-refractivity contribution < 1.29 is 0 Å². The summed E-state index contributed by atoms with van der Waals surface area (Å²) in [5.41, 5.74) is 13.4. The van der Waals surface area contributed by atoms with E-state index in [1.54, 1.807) is 0 Å². The Kier molecular flexibility index (Phi) is 5.23. The third kappa shape index (κ3) is 3.57. The number of hydrogen-bond donors (Lipinski definition) is 0. The van der Waals surface area contributed by atoms with Gasteiger partial charge in [0.15, 0.2) is 0 Å². The van der Waals surface area contributed by atoms with Crippen molar-refractivity contribution in [2.24, 2.45) is 0 Å². The molecule has 0 fully saturated rings. The van der Waals surface area contributed by atoms with Crippen LogP contribution in [0.3, 0.4) is 0 Å². The van der Waals surface area contributed by atoms with E-state index in [2.05, 4.69) is 189 Å². The molecule has 0 aliphatic heterocycles. The average molecular weight is 648 g/mol. The summed E-state index contributed by atoms with van der Waals surface area (Å²) in [5, 5.41) is 10.3. The lowest BCUT2D eigenvalue weighted by molar-refractivity contribution is 1.15. The second kappa shape index (κ2) is 9.87. The first-order chi connectivity index (χ1) is 25.3. The van der Waals surface area contributed by atoms with Crippen LogP contribution < -0.4 is 0 Å². The Labute approximate surface area is 292 Å². The second-order valence-electron chi connectivity index (χ2n) is 13.8. The molecule has 0 N–H and O–H groups in total. The van der Waals surface area contributed by atoms with Crippen molar-refractivity contribution in [2.75, 3.05) is 0 Å². The van der Waals surface area contributed by atoms with Crippen molar-refractivity contribution in [3.8, 4) is 22.5 Å². The Morgan fingerprint density at radius 1 is 0.255 bits per heavy atom. The zero-order valence-electron chi connectivity index (χ0n) is 27.6. The molecule has 0 amide bonds. The number of hydrogen-bond acceptors (Lipinski definition) is 0. The van der Waals surface area contributed by atoms with Gasteiger partial charge >= 0.3 is 0 Å². The zero-order valence-corrected chi connectivity index (χ0v) is 27.6. The van der Waals surface area contributed by atoms with E-state index in [0.717, 1.165) is 11.4 Å². The molecule has 0 unspecified atom stereocenters. The van der Waals surface area contributed by atoms with Gasteiger partial charge in [-0.25, -0.2) is 0 Å². The van der Waals surface area contributed by atoms with Crippen LogP contribution in [0.25, 0.3) is 104 Å². The van der Waals surface area contributed by atoms with Crippen LogP contribution in [0.4, 0.5) is 0 Å². The maximum Gasteiger partial charge on any atom is 0.0620 e. The first kappa shape index (κ1) is 27.0. The molecule has 12 aromatic rings. The maximum absolute atomic E-state index is 2.45. The molecule has 12 rings (SSSR count). The molecule has 51 heavy (non-hydrogen) atoms. The predicted molar refractivity (Wildman–Crippen MR) is 215 cm³/mol. The smallest absolute Gasteiger partial charge is 0.0620 e. The van der Waals surface area contributed by atoms with Gasteiger partial charge in [0.05, 0.1) is 38.6 Å². The van der Waals surface area contributed by atoms with Crippen LogP contribution in [0.15, 0.2) is 176 Å². The van der Waals surface area contributed by atoms with Gasteiger partial charge in [-0.2, -0.15) is 0 Å². The minimum Gasteiger partial charge on any atom is -0.309 e. The molecule has 236 valence electrons. The van der Waals surface area contributed by atoms with Crippen LogP contribution in [0.1, 0.15) is 0 Å². The molecule has 3 nitrogen and oxygen atoms in total. The lowest BCUT2D eigenvalue weighted by atomic mass is 10.0. The standard InChI is InChI=1S/C48H29N3/c1-2-11-32(12-3-1)49-42-18-7-4-14-35(42)38-25-23-33(29-47(38)49)50-43-19-8-5-13-34(43)37-24-21-31(28-46(37)50)30-22-26-45-41(27-30)40-17-10-16-39-36-15-6-9-20-44(36)51(45)48(39)40/h1-29H. The highest BCUT2D eigenvalue weighted by Gasteiger charge is 2.19. The highest BCUT2D eigenvalue weighted by Crippen LogP contribution is 2.42. The molecule has 0 saturated carbocycles. The fourth-order valence-electron chi connectivity index (χ4n) is 8.99. The van der Waals surface area contributed by atoms with Gasteiger partial charge in [0.2, 0.25) is 0 Å². The van der Waals surface area contributed by atoms with E-state index >= 15 is 0 Å². The van der Waals surface area contributed by atoms with Gasteiger partial charge in [0, 0.05) is 54.5 Å². The van der Waals surface area contributed by atoms with Gasteiger partial charge in [0.25, 0.3) is 0 Å². The maximum atomic E-state index is 2.45. The van der Waals surface area contributed by atoms with E-state index in [1.807, 2.05) is 0 Å². The lowest BCUT2D eigenvalue weighted by Gasteiger charge is -2.12. The largest absolute Gasteiger partial charge is 0.309 e. The monoisotopic (exact) mass is 647 g/mol. The summed E-state index contributed by atoms with van der Waals surface area (Å²) in [6, 6.07) is 64.7. The molecule has 0 saturated heterocycles. The van der Waals surface area contributed by atoms with Gasteiger partial charge in [0.1, 0.15) is 0 Å². The third-order valence-corrected chi connectivity index (χ3v) is 11.2. The Morgan fingerprint density at radius 3 is 1.49 bits per heavy atom. The quantitative estimate of drug-likeness (QED) is 0.181. The molecule has 0 spiro atoms. The van der Waals surface area contributed by atoms with E-state index in [0.29, 0.717) is 0 Å². The second-order valence-corrected chi connectivity index (χ2v) is 13.8. The van der Waals surface area contributed by atoms with Crippen LogP contribution in [0, 0.1) is 0 Å². The van der Waals surface area contributed by atoms with Crippen molar-refractivity contribution in [2.45, 2.75) is 0 Å². The summed E-state index contributed by atoms with van der Waals surface area (Å²) >= 11 is 0. The molecule has 0 aliphatic carbocycles. The molecule has 3 heteroatoms. The number of para-hydroxylation sites is 5. The summed E-state index contributed by atoms with van der Waals surface area (Å²) in [4.78, 5) is 0. The molecule has 0 atom stereocenters. The lowest BCUT2D eigenvalue weighted by Crippen LogP contribution is -1.97. The van der Waals surface area contributed by atoms with Crippen LogP contribution in [0.2, 0.25) is 0 Å². The summed E-state index contributed by atoms with van der Waals surface area (Å²) in [6.45, 7) is 0. The first-order valence-electron chi connectivity index (χ1n) is 17.6. The molecule has 0 radical (unpaired) electrons. The van der Waals surface area contributed by atoms with Gasteiger partial charge < -0.3 is 13.5 Å². The van der Waals surface area contributed by atoms with Crippen molar-refractivity contribution in [1.82, 2.24) is 13.5 Å². The number of fused-ring (bicyclic) bond motifs is 12.